The smallest absolute Gasteiger partial charge is 0.298 e. The van der Waals surface area contributed by atoms with Gasteiger partial charge in [-0.25, -0.2) is 13.2 Å². The van der Waals surface area contributed by atoms with Crippen molar-refractivity contribution < 1.29 is 31.1 Å². The van der Waals surface area contributed by atoms with Gasteiger partial charge in [0, 0.05) is 19.3 Å². The zero-order chi connectivity index (χ0) is 21.2. The first-order chi connectivity index (χ1) is 12.9. The van der Waals surface area contributed by atoms with E-state index in [0.717, 1.165) is 24.3 Å². The number of carbonyl (C=O) groups is 1. The second-order valence-electron chi connectivity index (χ2n) is 7.19. The minimum absolute atomic E-state index is 0.380. The van der Waals surface area contributed by atoms with Crippen LogP contribution in [0.25, 0.3) is 0 Å². The van der Waals surface area contributed by atoms with Gasteiger partial charge in [-0.1, -0.05) is 19.1 Å². The highest BCUT2D eigenvalue weighted by molar-refractivity contribution is 5.85. The molecule has 1 aromatic carbocycles. The molecule has 3 nitrogen and oxygen atoms in total. The van der Waals surface area contributed by atoms with E-state index in [9.17, 15) is 31.1 Å². The third-order valence-corrected chi connectivity index (χ3v) is 4.91. The van der Waals surface area contributed by atoms with Crippen molar-refractivity contribution in [2.24, 2.45) is 5.41 Å². The molecule has 28 heavy (non-hydrogen) atoms. The van der Waals surface area contributed by atoms with E-state index in [1.54, 1.807) is 0 Å². The van der Waals surface area contributed by atoms with Crippen LogP contribution in [0, 0.1) is 22.6 Å². The molecule has 0 spiro atoms. The normalized spacial score (nSPS) is 18.2. The van der Waals surface area contributed by atoms with Crippen molar-refractivity contribution in [3.05, 3.63) is 35.6 Å². The Morgan fingerprint density at radius 1 is 1.21 bits per heavy atom. The van der Waals surface area contributed by atoms with Crippen molar-refractivity contribution in [1.82, 2.24) is 5.32 Å². The van der Waals surface area contributed by atoms with Crippen LogP contribution in [-0.4, -0.2) is 23.9 Å². The average molecular weight is 406 g/mol. The minimum atomic E-state index is -4.90. The summed E-state index contributed by atoms with van der Waals surface area (Å²) in [6, 6.07) is 1.13. The lowest BCUT2D eigenvalue weighted by Gasteiger charge is -2.29. The fraction of sp³-hybridized carbons (Fsp3) is 0.579. The number of halogens is 6. The van der Waals surface area contributed by atoms with Crippen molar-refractivity contribution in [3.63, 3.8) is 0 Å². The second-order valence-corrected chi connectivity index (χ2v) is 7.19. The lowest BCUT2D eigenvalue weighted by atomic mass is 9.92. The summed E-state index contributed by atoms with van der Waals surface area (Å²) in [6.45, 7) is 1.17. The number of nitriles is 1. The standard InChI is InChI=1S/C19H20F6N2O/c1-2-18(21,22)9-14(15(28)10-17(11-26)7-8-17)27-16(19(23,24)25)12-3-5-13(20)6-4-12/h3-6,14,16,27H,2,7-10H2,1H3/t14-,16-/m0/s1. The first-order valence-corrected chi connectivity index (χ1v) is 8.81. The van der Waals surface area contributed by atoms with E-state index < -0.39 is 59.6 Å². The van der Waals surface area contributed by atoms with Gasteiger partial charge in [0.15, 0.2) is 5.78 Å². The first kappa shape index (κ1) is 22.2. The van der Waals surface area contributed by atoms with Gasteiger partial charge >= 0.3 is 6.18 Å². The van der Waals surface area contributed by atoms with Gasteiger partial charge in [0.05, 0.1) is 17.5 Å². The largest absolute Gasteiger partial charge is 0.407 e. The molecule has 0 radical (unpaired) electrons. The maximum absolute atomic E-state index is 13.9. The molecular formula is C19H20F6N2O. The Bertz CT molecular complexity index is 734. The van der Waals surface area contributed by atoms with Crippen LogP contribution in [0.3, 0.4) is 0 Å². The fourth-order valence-electron chi connectivity index (χ4n) is 2.88. The average Bonchev–Trinajstić information content (AvgIpc) is 3.38. The zero-order valence-corrected chi connectivity index (χ0v) is 15.1. The SMILES string of the molecule is CCC(F)(F)C[C@H](N[C@@H](c1ccc(F)cc1)C(F)(F)F)C(=O)CC1(C#N)CC1. The van der Waals surface area contributed by atoms with Crippen LogP contribution in [0.4, 0.5) is 26.3 Å². The minimum Gasteiger partial charge on any atom is -0.298 e. The lowest BCUT2D eigenvalue weighted by Crippen LogP contribution is -2.47. The number of benzene rings is 1. The summed E-state index contributed by atoms with van der Waals surface area (Å²) in [4.78, 5) is 12.5. The Morgan fingerprint density at radius 2 is 1.79 bits per heavy atom. The Labute approximate surface area is 158 Å². The van der Waals surface area contributed by atoms with Gasteiger partial charge in [0.1, 0.15) is 11.9 Å². The Morgan fingerprint density at radius 3 is 2.21 bits per heavy atom. The molecule has 154 valence electrons. The number of nitrogens with one attached hydrogen (secondary N) is 1. The van der Waals surface area contributed by atoms with Crippen LogP contribution in [0.5, 0.6) is 0 Å². The number of alkyl halides is 5. The van der Waals surface area contributed by atoms with E-state index in [-0.39, 0.29) is 6.42 Å². The predicted molar refractivity (Wildman–Crippen MR) is 88.9 cm³/mol. The molecule has 0 aliphatic heterocycles. The van der Waals surface area contributed by atoms with E-state index in [1.807, 2.05) is 11.4 Å². The Kier molecular flexibility index (Phi) is 6.44. The zero-order valence-electron chi connectivity index (χ0n) is 15.1. The number of rotatable bonds is 9. The van der Waals surface area contributed by atoms with Gasteiger partial charge in [-0.3, -0.25) is 10.1 Å². The molecule has 1 saturated carbocycles. The number of hydrogen-bond donors (Lipinski definition) is 1. The molecule has 0 bridgehead atoms. The first-order valence-electron chi connectivity index (χ1n) is 8.81. The molecule has 2 rings (SSSR count). The molecule has 2 atom stereocenters. The molecule has 1 aliphatic rings. The van der Waals surface area contributed by atoms with E-state index in [4.69, 9.17) is 5.26 Å². The van der Waals surface area contributed by atoms with Crippen LogP contribution in [-0.2, 0) is 4.79 Å². The van der Waals surface area contributed by atoms with E-state index in [1.165, 1.54) is 6.92 Å². The van der Waals surface area contributed by atoms with Gasteiger partial charge in [-0.2, -0.15) is 18.4 Å². The summed E-state index contributed by atoms with van der Waals surface area (Å²) in [7, 11) is 0. The summed E-state index contributed by atoms with van der Waals surface area (Å²) in [6.07, 6.45) is -6.22. The lowest BCUT2D eigenvalue weighted by molar-refractivity contribution is -0.162. The van der Waals surface area contributed by atoms with Gasteiger partial charge in [-0.15, -0.1) is 0 Å². The van der Waals surface area contributed by atoms with Crippen LogP contribution >= 0.6 is 0 Å². The van der Waals surface area contributed by atoms with Crippen molar-refractivity contribution in [2.75, 3.05) is 0 Å². The molecule has 0 amide bonds. The van der Waals surface area contributed by atoms with Gasteiger partial charge in [0.2, 0.25) is 5.92 Å². The molecule has 9 heteroatoms. The van der Waals surface area contributed by atoms with Gasteiger partial charge < -0.3 is 0 Å². The topological polar surface area (TPSA) is 52.9 Å². The van der Waals surface area contributed by atoms with Crippen molar-refractivity contribution >= 4 is 5.78 Å². The molecule has 0 saturated heterocycles. The molecule has 0 aromatic heterocycles. The number of nitrogens with zero attached hydrogens (tertiary/aromatic N) is 1. The number of ketones is 1. The maximum Gasteiger partial charge on any atom is 0.407 e. The fourth-order valence-corrected chi connectivity index (χ4v) is 2.88. The van der Waals surface area contributed by atoms with E-state index in [2.05, 4.69) is 0 Å². The molecule has 1 N–H and O–H groups in total. The molecular weight excluding hydrogens is 386 g/mol. The summed E-state index contributed by atoms with van der Waals surface area (Å²) in [5, 5.41) is 11.1. The summed E-state index contributed by atoms with van der Waals surface area (Å²) in [5.41, 5.74) is -1.37. The predicted octanol–water partition coefficient (Wildman–Crippen LogP) is 5.09. The summed E-state index contributed by atoms with van der Waals surface area (Å²) >= 11 is 0. The van der Waals surface area contributed by atoms with Gasteiger partial charge in [-0.05, 0) is 30.5 Å². The highest BCUT2D eigenvalue weighted by Crippen LogP contribution is 2.48. The highest BCUT2D eigenvalue weighted by Gasteiger charge is 2.49. The number of hydrogen-bond acceptors (Lipinski definition) is 3. The van der Waals surface area contributed by atoms with Crippen LogP contribution < -0.4 is 5.32 Å². The van der Waals surface area contributed by atoms with Crippen molar-refractivity contribution in [3.8, 4) is 6.07 Å². The third kappa shape index (κ3) is 5.71. The van der Waals surface area contributed by atoms with Crippen LogP contribution in [0.1, 0.15) is 50.6 Å². The van der Waals surface area contributed by atoms with E-state index >= 15 is 0 Å². The van der Waals surface area contributed by atoms with Crippen LogP contribution in [0.2, 0.25) is 0 Å². The number of carbonyl (C=O) groups excluding carboxylic acids is 1. The Balaban J connectivity index is 2.30. The quantitative estimate of drug-likeness (QED) is 0.582. The van der Waals surface area contributed by atoms with Gasteiger partial charge in [0.25, 0.3) is 0 Å². The highest BCUT2D eigenvalue weighted by atomic mass is 19.4. The van der Waals surface area contributed by atoms with E-state index in [0.29, 0.717) is 12.8 Å². The summed E-state index contributed by atoms with van der Waals surface area (Å²) < 4.78 is 81.5. The Hall–Kier alpha value is -2.08. The maximum atomic E-state index is 13.9. The summed E-state index contributed by atoms with van der Waals surface area (Å²) in [5.74, 6) is -4.96. The molecule has 0 unspecified atom stereocenters. The molecule has 0 heterocycles. The monoisotopic (exact) mass is 406 g/mol. The second kappa shape index (κ2) is 8.11. The van der Waals surface area contributed by atoms with Crippen LogP contribution in [0.15, 0.2) is 24.3 Å². The third-order valence-electron chi connectivity index (χ3n) is 4.91. The molecule has 1 aliphatic carbocycles. The van der Waals surface area contributed by atoms with Crippen molar-refractivity contribution in [1.29, 1.82) is 5.26 Å². The molecule has 1 fully saturated rings. The number of Topliss-reactive ketones (excluding diaryl/α,β-unsaturated/α-hetero) is 1. The molecule has 1 aromatic rings. The van der Waals surface area contributed by atoms with Crippen molar-refractivity contribution in [2.45, 2.75) is 63.2 Å².